The third-order valence-corrected chi connectivity index (χ3v) is 4.87. The first-order valence-electron chi connectivity index (χ1n) is 9.98. The number of nitrogens with zero attached hydrogens (tertiary/aromatic N) is 2. The number of methoxy groups -OCH3 is 1. The Bertz CT molecular complexity index is 1040. The van der Waals surface area contributed by atoms with Crippen LogP contribution in [0.25, 0.3) is 11.8 Å². The highest BCUT2D eigenvalue weighted by molar-refractivity contribution is 6.32. The van der Waals surface area contributed by atoms with Crippen molar-refractivity contribution in [3.63, 3.8) is 0 Å². The molecule has 3 rings (SSSR count). The number of amides is 1. The molecule has 0 saturated heterocycles. The first kappa shape index (κ1) is 22.4. The van der Waals surface area contributed by atoms with Gasteiger partial charge in [0.05, 0.1) is 30.6 Å². The Balaban J connectivity index is 1.65. The molecule has 162 valence electrons. The maximum atomic E-state index is 12.4. The number of carbonyl (C=O) groups excluding carboxylic acids is 1. The van der Waals surface area contributed by atoms with Gasteiger partial charge in [-0.3, -0.25) is 4.79 Å². The number of hydrogen-bond donors (Lipinski definition) is 1. The van der Waals surface area contributed by atoms with Gasteiger partial charge in [-0.1, -0.05) is 23.7 Å². The van der Waals surface area contributed by atoms with E-state index >= 15 is 0 Å². The van der Waals surface area contributed by atoms with Crippen molar-refractivity contribution in [1.29, 1.82) is 0 Å². The Morgan fingerprint density at radius 3 is 2.55 bits per heavy atom. The zero-order valence-electron chi connectivity index (χ0n) is 18.0. The fraction of sp³-hybridized carbons (Fsp3) is 0.250. The van der Waals surface area contributed by atoms with Crippen LogP contribution < -0.4 is 14.8 Å². The molecule has 0 fully saturated rings. The quantitative estimate of drug-likeness (QED) is 0.489. The normalized spacial score (nSPS) is 12.2. The van der Waals surface area contributed by atoms with Gasteiger partial charge in [0.25, 0.3) is 0 Å². The van der Waals surface area contributed by atoms with Gasteiger partial charge in [-0.15, -0.1) is 0 Å². The van der Waals surface area contributed by atoms with Crippen molar-refractivity contribution in [2.45, 2.75) is 32.9 Å². The second-order valence-corrected chi connectivity index (χ2v) is 7.73. The Morgan fingerprint density at radius 1 is 1.19 bits per heavy atom. The van der Waals surface area contributed by atoms with Crippen LogP contribution in [0.15, 0.2) is 61.2 Å². The monoisotopic (exact) mass is 439 g/mol. The lowest BCUT2D eigenvalue weighted by Gasteiger charge is -2.16. The molecule has 6 nitrogen and oxygen atoms in total. The highest BCUT2D eigenvalue weighted by atomic mass is 35.5. The van der Waals surface area contributed by atoms with Crippen LogP contribution in [0.1, 0.15) is 37.9 Å². The maximum Gasteiger partial charge on any atom is 0.244 e. The van der Waals surface area contributed by atoms with Crippen molar-refractivity contribution in [3.05, 3.63) is 77.3 Å². The van der Waals surface area contributed by atoms with Gasteiger partial charge < -0.3 is 19.4 Å². The summed E-state index contributed by atoms with van der Waals surface area (Å²) in [5.74, 6) is 0.810. The zero-order chi connectivity index (χ0) is 22.4. The Hall–Kier alpha value is -3.25. The van der Waals surface area contributed by atoms with Crippen LogP contribution >= 0.6 is 11.6 Å². The lowest BCUT2D eigenvalue weighted by molar-refractivity contribution is -0.117. The molecule has 1 aromatic heterocycles. The Kier molecular flexibility index (Phi) is 7.36. The lowest BCUT2D eigenvalue weighted by atomic mass is 10.1. The molecule has 0 aliphatic rings. The molecule has 1 N–H and O–H groups in total. The van der Waals surface area contributed by atoms with Crippen LogP contribution in [0.4, 0.5) is 0 Å². The molecular formula is C24H26ClN3O3. The van der Waals surface area contributed by atoms with Crippen molar-refractivity contribution in [2.75, 3.05) is 7.11 Å². The molecular weight excluding hydrogens is 414 g/mol. The Morgan fingerprint density at radius 2 is 1.94 bits per heavy atom. The minimum Gasteiger partial charge on any atom is -0.493 e. The molecule has 1 heterocycles. The minimum absolute atomic E-state index is 0.0333. The summed E-state index contributed by atoms with van der Waals surface area (Å²) in [6.07, 6.45) is 8.49. The van der Waals surface area contributed by atoms with Crippen molar-refractivity contribution in [3.8, 4) is 17.2 Å². The summed E-state index contributed by atoms with van der Waals surface area (Å²) < 4.78 is 13.0. The van der Waals surface area contributed by atoms with Crippen LogP contribution in [0, 0.1) is 0 Å². The number of aromatic nitrogens is 2. The number of rotatable bonds is 8. The molecule has 3 aromatic rings. The summed E-state index contributed by atoms with van der Waals surface area (Å²) in [6, 6.07) is 11.3. The van der Waals surface area contributed by atoms with E-state index in [1.807, 2.05) is 55.8 Å². The lowest BCUT2D eigenvalue weighted by Crippen LogP contribution is -2.24. The number of benzene rings is 2. The molecule has 1 unspecified atom stereocenters. The smallest absolute Gasteiger partial charge is 0.244 e. The molecule has 1 atom stereocenters. The van der Waals surface area contributed by atoms with Crippen LogP contribution in [0.2, 0.25) is 5.02 Å². The molecule has 31 heavy (non-hydrogen) atoms. The van der Waals surface area contributed by atoms with Crippen molar-refractivity contribution < 1.29 is 14.3 Å². The topological polar surface area (TPSA) is 65.4 Å². The van der Waals surface area contributed by atoms with E-state index in [1.54, 1.807) is 37.8 Å². The van der Waals surface area contributed by atoms with Crippen molar-refractivity contribution >= 4 is 23.6 Å². The van der Waals surface area contributed by atoms with E-state index in [2.05, 4.69) is 10.3 Å². The second kappa shape index (κ2) is 10.2. The maximum absolute atomic E-state index is 12.4. The standard InChI is InChI=1S/C24H26ClN3O3/c1-16(2)31-24-21(25)13-18(14-22(24)30-4)5-10-23(29)27-17(3)19-6-8-20(9-7-19)28-12-11-26-15-28/h5-17H,1-4H3,(H,27,29). The van der Waals surface area contributed by atoms with Gasteiger partial charge in [0.15, 0.2) is 11.5 Å². The van der Waals surface area contributed by atoms with Gasteiger partial charge in [-0.2, -0.15) is 0 Å². The molecule has 0 spiro atoms. The van der Waals surface area contributed by atoms with Crippen LogP contribution in [-0.4, -0.2) is 28.7 Å². The SMILES string of the molecule is COc1cc(C=CC(=O)NC(C)c2ccc(-n3ccnc3)cc2)cc(Cl)c1OC(C)C. The van der Waals surface area contributed by atoms with Crippen LogP contribution in [0.5, 0.6) is 11.5 Å². The molecule has 0 saturated carbocycles. The van der Waals surface area contributed by atoms with E-state index in [0.717, 1.165) is 16.8 Å². The summed E-state index contributed by atoms with van der Waals surface area (Å²) in [7, 11) is 1.55. The number of nitrogens with one attached hydrogen (secondary N) is 1. The minimum atomic E-state index is -0.205. The first-order chi connectivity index (χ1) is 14.9. The second-order valence-electron chi connectivity index (χ2n) is 7.33. The summed E-state index contributed by atoms with van der Waals surface area (Å²) >= 11 is 6.34. The van der Waals surface area contributed by atoms with Gasteiger partial charge in [-0.05, 0) is 62.2 Å². The van der Waals surface area contributed by atoms with Gasteiger partial charge in [0.1, 0.15) is 0 Å². The van der Waals surface area contributed by atoms with Gasteiger partial charge >= 0.3 is 0 Å². The predicted octanol–water partition coefficient (Wildman–Crippen LogP) is 5.21. The number of carbonyl (C=O) groups is 1. The molecule has 0 aliphatic heterocycles. The van der Waals surface area contributed by atoms with Crippen molar-refractivity contribution in [1.82, 2.24) is 14.9 Å². The number of halogens is 1. The number of hydrogen-bond acceptors (Lipinski definition) is 4. The van der Waals surface area contributed by atoms with E-state index < -0.39 is 0 Å². The third kappa shape index (κ3) is 5.89. The van der Waals surface area contributed by atoms with Crippen LogP contribution in [0.3, 0.4) is 0 Å². The fourth-order valence-electron chi connectivity index (χ4n) is 3.05. The van der Waals surface area contributed by atoms with Gasteiger partial charge in [0, 0.05) is 24.2 Å². The van der Waals surface area contributed by atoms with E-state index in [0.29, 0.717) is 16.5 Å². The number of ether oxygens (including phenoxy) is 2. The third-order valence-electron chi connectivity index (χ3n) is 4.59. The van der Waals surface area contributed by atoms with E-state index in [1.165, 1.54) is 6.08 Å². The first-order valence-corrected chi connectivity index (χ1v) is 10.4. The molecule has 2 aromatic carbocycles. The largest absolute Gasteiger partial charge is 0.493 e. The molecule has 0 bridgehead atoms. The van der Waals surface area contributed by atoms with Gasteiger partial charge in [0.2, 0.25) is 5.91 Å². The van der Waals surface area contributed by atoms with E-state index in [9.17, 15) is 4.79 Å². The number of imidazole rings is 1. The van der Waals surface area contributed by atoms with E-state index in [-0.39, 0.29) is 18.1 Å². The highest BCUT2D eigenvalue weighted by Crippen LogP contribution is 2.37. The summed E-state index contributed by atoms with van der Waals surface area (Å²) in [6.45, 7) is 5.77. The van der Waals surface area contributed by atoms with Gasteiger partial charge in [-0.25, -0.2) is 4.98 Å². The van der Waals surface area contributed by atoms with E-state index in [4.69, 9.17) is 21.1 Å². The molecule has 7 heteroatoms. The summed E-state index contributed by atoms with van der Waals surface area (Å²) in [4.78, 5) is 16.5. The zero-order valence-corrected chi connectivity index (χ0v) is 18.8. The summed E-state index contributed by atoms with van der Waals surface area (Å²) in [5, 5.41) is 3.40. The molecule has 1 amide bonds. The highest BCUT2D eigenvalue weighted by Gasteiger charge is 2.13. The summed E-state index contributed by atoms with van der Waals surface area (Å²) in [5.41, 5.74) is 2.76. The molecule has 0 aliphatic carbocycles. The average Bonchev–Trinajstić information content (AvgIpc) is 3.28. The fourth-order valence-corrected chi connectivity index (χ4v) is 3.31. The molecule has 0 radical (unpaired) electrons. The van der Waals surface area contributed by atoms with Crippen LogP contribution in [-0.2, 0) is 4.79 Å². The average molecular weight is 440 g/mol. The van der Waals surface area contributed by atoms with Crippen molar-refractivity contribution in [2.24, 2.45) is 0 Å². The predicted molar refractivity (Wildman–Crippen MR) is 123 cm³/mol. The Labute approximate surface area is 187 Å².